The summed E-state index contributed by atoms with van der Waals surface area (Å²) in [5, 5.41) is 3.21. The van der Waals surface area contributed by atoms with Crippen molar-refractivity contribution in [2.24, 2.45) is 4.99 Å². The smallest absolute Gasteiger partial charge is 0.272 e. The zero-order valence-corrected chi connectivity index (χ0v) is 10.8. The van der Waals surface area contributed by atoms with Crippen molar-refractivity contribution < 1.29 is 13.5 Å². The molecule has 6 heteroatoms. The first-order valence-corrected chi connectivity index (χ1v) is 6.14. The van der Waals surface area contributed by atoms with Crippen LogP contribution in [0.3, 0.4) is 0 Å². The Bertz CT molecular complexity index is 451. The number of ether oxygens (including phenoxy) is 1. The number of benzene rings is 1. The summed E-state index contributed by atoms with van der Waals surface area (Å²) in [7, 11) is 1.97. The topological polar surface area (TPSA) is 36.9 Å². The molecular formula is C13H17F2N3O. The molecule has 0 aromatic heterocycles. The van der Waals surface area contributed by atoms with E-state index in [2.05, 4.69) is 10.3 Å². The Balaban J connectivity index is 1.88. The average Bonchev–Trinajstić information content (AvgIpc) is 2.80. The Morgan fingerprint density at radius 2 is 2.32 bits per heavy atom. The highest BCUT2D eigenvalue weighted by atomic mass is 19.3. The zero-order chi connectivity index (χ0) is 13.7. The predicted octanol–water partition coefficient (Wildman–Crippen LogP) is 1.72. The average molecular weight is 269 g/mol. The molecule has 1 aromatic rings. The number of nitrogens with zero attached hydrogens (tertiary/aromatic N) is 2. The third-order valence-corrected chi connectivity index (χ3v) is 2.78. The highest BCUT2D eigenvalue weighted by Crippen LogP contribution is 2.14. The van der Waals surface area contributed by atoms with Gasteiger partial charge in [0.1, 0.15) is 12.4 Å². The van der Waals surface area contributed by atoms with E-state index in [4.69, 9.17) is 4.74 Å². The summed E-state index contributed by atoms with van der Waals surface area (Å²) >= 11 is 0. The van der Waals surface area contributed by atoms with E-state index in [0.29, 0.717) is 12.3 Å². The maximum Gasteiger partial charge on any atom is 0.272 e. The summed E-state index contributed by atoms with van der Waals surface area (Å²) in [6, 6.07) is 7.13. The van der Waals surface area contributed by atoms with Gasteiger partial charge in [0, 0.05) is 20.1 Å². The van der Waals surface area contributed by atoms with E-state index in [-0.39, 0.29) is 0 Å². The molecule has 0 unspecified atom stereocenters. The van der Waals surface area contributed by atoms with Gasteiger partial charge in [-0.05, 0) is 17.7 Å². The van der Waals surface area contributed by atoms with Gasteiger partial charge in [-0.25, -0.2) is 8.78 Å². The molecule has 1 heterocycles. The molecule has 0 atom stereocenters. The molecule has 0 bridgehead atoms. The van der Waals surface area contributed by atoms with Crippen LogP contribution in [-0.4, -0.2) is 44.0 Å². The van der Waals surface area contributed by atoms with Crippen molar-refractivity contribution in [1.82, 2.24) is 10.2 Å². The van der Waals surface area contributed by atoms with Gasteiger partial charge < -0.3 is 15.0 Å². The van der Waals surface area contributed by atoms with E-state index in [1.165, 1.54) is 0 Å². The predicted molar refractivity (Wildman–Crippen MR) is 69.7 cm³/mol. The second-order valence-electron chi connectivity index (χ2n) is 4.33. The molecule has 19 heavy (non-hydrogen) atoms. The van der Waals surface area contributed by atoms with Crippen LogP contribution in [0.1, 0.15) is 5.56 Å². The van der Waals surface area contributed by atoms with Gasteiger partial charge in [0.25, 0.3) is 6.43 Å². The summed E-state index contributed by atoms with van der Waals surface area (Å²) in [6.07, 6.45) is -2.46. The van der Waals surface area contributed by atoms with Crippen LogP contribution in [0.2, 0.25) is 0 Å². The van der Waals surface area contributed by atoms with E-state index in [1.807, 2.05) is 18.0 Å². The number of likely N-dealkylation sites (N-methyl/N-ethyl adjacent to an activating group) is 1. The fraction of sp³-hybridized carbons (Fsp3) is 0.462. The van der Waals surface area contributed by atoms with E-state index in [9.17, 15) is 8.78 Å². The summed E-state index contributed by atoms with van der Waals surface area (Å²) in [6.45, 7) is 1.73. The van der Waals surface area contributed by atoms with Crippen LogP contribution < -0.4 is 10.1 Å². The molecule has 0 saturated heterocycles. The van der Waals surface area contributed by atoms with Gasteiger partial charge in [0.2, 0.25) is 0 Å². The molecule has 1 aliphatic rings. The number of guanidine groups is 1. The van der Waals surface area contributed by atoms with Gasteiger partial charge in [-0.3, -0.25) is 4.99 Å². The highest BCUT2D eigenvalue weighted by molar-refractivity contribution is 5.81. The zero-order valence-electron chi connectivity index (χ0n) is 10.8. The quantitative estimate of drug-likeness (QED) is 0.884. The minimum Gasteiger partial charge on any atom is -0.488 e. The van der Waals surface area contributed by atoms with Gasteiger partial charge >= 0.3 is 0 Å². The normalized spacial score (nSPS) is 14.7. The van der Waals surface area contributed by atoms with Crippen LogP contribution in [0.15, 0.2) is 29.3 Å². The molecule has 1 N–H and O–H groups in total. The minimum absolute atomic E-state index is 0.460. The first kappa shape index (κ1) is 13.6. The Morgan fingerprint density at radius 3 is 3.00 bits per heavy atom. The molecule has 4 nitrogen and oxygen atoms in total. The number of rotatable bonds is 5. The van der Waals surface area contributed by atoms with E-state index in [1.54, 1.807) is 18.2 Å². The second-order valence-corrected chi connectivity index (χ2v) is 4.33. The van der Waals surface area contributed by atoms with Crippen molar-refractivity contribution in [3.63, 3.8) is 0 Å². The maximum absolute atomic E-state index is 12.1. The lowest BCUT2D eigenvalue weighted by molar-refractivity contribution is 0.0818. The van der Waals surface area contributed by atoms with Crippen LogP contribution in [-0.2, 0) is 6.54 Å². The van der Waals surface area contributed by atoms with Crippen LogP contribution in [0.5, 0.6) is 5.75 Å². The Hall–Kier alpha value is -1.85. The van der Waals surface area contributed by atoms with Crippen LogP contribution in [0.4, 0.5) is 8.78 Å². The lowest BCUT2D eigenvalue weighted by Crippen LogP contribution is -2.35. The molecular weight excluding hydrogens is 252 g/mol. The first-order chi connectivity index (χ1) is 9.15. The number of alkyl halides is 2. The van der Waals surface area contributed by atoms with E-state index in [0.717, 1.165) is 24.6 Å². The molecule has 0 radical (unpaired) electrons. The van der Waals surface area contributed by atoms with Gasteiger partial charge in [0.05, 0.1) is 6.54 Å². The summed E-state index contributed by atoms with van der Waals surface area (Å²) in [4.78, 5) is 6.35. The number of nitrogens with one attached hydrogen (secondary N) is 1. The standard InChI is InChI=1S/C13H17F2N3O/c1-18-6-5-16-13(18)17-8-10-3-2-4-11(7-10)19-9-12(14)15/h2-4,7,12H,5-6,8-9H2,1H3,(H,16,17). The lowest BCUT2D eigenvalue weighted by Gasteiger charge is -2.15. The van der Waals surface area contributed by atoms with Crippen LogP contribution in [0.25, 0.3) is 0 Å². The van der Waals surface area contributed by atoms with Crippen molar-refractivity contribution in [3.05, 3.63) is 29.8 Å². The molecule has 0 fully saturated rings. The van der Waals surface area contributed by atoms with Crippen molar-refractivity contribution in [1.29, 1.82) is 0 Å². The lowest BCUT2D eigenvalue weighted by atomic mass is 10.2. The van der Waals surface area contributed by atoms with Crippen LogP contribution in [0, 0.1) is 0 Å². The first-order valence-electron chi connectivity index (χ1n) is 6.14. The van der Waals surface area contributed by atoms with Crippen LogP contribution >= 0.6 is 0 Å². The fourth-order valence-corrected chi connectivity index (χ4v) is 1.81. The molecule has 1 aromatic carbocycles. The SMILES string of the molecule is CN1CCN=C1NCc1cccc(OCC(F)F)c1. The van der Waals surface area contributed by atoms with Gasteiger partial charge in [-0.2, -0.15) is 0 Å². The monoisotopic (exact) mass is 269 g/mol. The third kappa shape index (κ3) is 4.08. The van der Waals surface area contributed by atoms with Gasteiger partial charge in [-0.15, -0.1) is 0 Å². The number of halogens is 2. The summed E-state index contributed by atoms with van der Waals surface area (Å²) < 4.78 is 29.1. The Kier molecular flexibility index (Phi) is 4.54. The largest absolute Gasteiger partial charge is 0.488 e. The molecule has 1 aliphatic heterocycles. The van der Waals surface area contributed by atoms with Gasteiger partial charge in [0.15, 0.2) is 5.96 Å². The van der Waals surface area contributed by atoms with E-state index >= 15 is 0 Å². The van der Waals surface area contributed by atoms with Crippen molar-refractivity contribution in [2.45, 2.75) is 13.0 Å². The summed E-state index contributed by atoms with van der Waals surface area (Å²) in [5.74, 6) is 1.32. The Labute approximate surface area is 111 Å². The molecule has 0 spiro atoms. The molecule has 0 aliphatic carbocycles. The number of aliphatic imine (C=N–C) groups is 1. The number of hydrogen-bond donors (Lipinski definition) is 1. The third-order valence-electron chi connectivity index (χ3n) is 2.78. The molecule has 104 valence electrons. The van der Waals surface area contributed by atoms with Crippen molar-refractivity contribution in [2.75, 3.05) is 26.7 Å². The minimum atomic E-state index is -2.46. The molecule has 2 rings (SSSR count). The Morgan fingerprint density at radius 1 is 1.47 bits per heavy atom. The van der Waals surface area contributed by atoms with Crippen molar-refractivity contribution in [3.8, 4) is 5.75 Å². The van der Waals surface area contributed by atoms with E-state index < -0.39 is 13.0 Å². The maximum atomic E-state index is 12.1. The fourth-order valence-electron chi connectivity index (χ4n) is 1.81. The number of hydrogen-bond acceptors (Lipinski definition) is 4. The summed E-state index contributed by atoms with van der Waals surface area (Å²) in [5.41, 5.74) is 0.967. The van der Waals surface area contributed by atoms with Gasteiger partial charge in [-0.1, -0.05) is 12.1 Å². The highest BCUT2D eigenvalue weighted by Gasteiger charge is 2.11. The molecule has 0 amide bonds. The second kappa shape index (κ2) is 6.36. The van der Waals surface area contributed by atoms with Crippen molar-refractivity contribution >= 4 is 5.96 Å². The molecule has 0 saturated carbocycles.